The van der Waals surface area contributed by atoms with Gasteiger partial charge in [-0.05, 0) is 56.2 Å². The Hall–Kier alpha value is -2.77. The maximum atomic E-state index is 14.1. The zero-order valence-corrected chi connectivity index (χ0v) is 18.7. The van der Waals surface area contributed by atoms with E-state index in [1.54, 1.807) is 30.3 Å². The van der Waals surface area contributed by atoms with E-state index in [-0.39, 0.29) is 23.0 Å². The van der Waals surface area contributed by atoms with Gasteiger partial charge in [-0.2, -0.15) is 0 Å². The molecule has 0 spiro atoms. The van der Waals surface area contributed by atoms with Crippen molar-refractivity contribution in [3.05, 3.63) is 95.6 Å². The first kappa shape index (κ1) is 22.4. The summed E-state index contributed by atoms with van der Waals surface area (Å²) in [5.74, 6) is -1.11. The van der Waals surface area contributed by atoms with Gasteiger partial charge in [0.2, 0.25) is 0 Å². The molecule has 0 atom stereocenters. The van der Waals surface area contributed by atoms with Crippen LogP contribution in [0.1, 0.15) is 24.0 Å². The van der Waals surface area contributed by atoms with Crippen molar-refractivity contribution in [2.45, 2.75) is 37.2 Å². The van der Waals surface area contributed by atoms with Crippen LogP contribution >= 0.6 is 0 Å². The minimum Gasteiger partial charge on any atom is -0.299 e. The molecule has 1 aliphatic rings. The van der Waals surface area contributed by atoms with Crippen LogP contribution in [0.3, 0.4) is 0 Å². The van der Waals surface area contributed by atoms with E-state index < -0.39 is 21.7 Å². The summed E-state index contributed by atoms with van der Waals surface area (Å²) in [6.45, 7) is 3.22. The highest BCUT2D eigenvalue weighted by Crippen LogP contribution is 2.31. The second-order valence-corrected chi connectivity index (χ2v) is 9.97. The van der Waals surface area contributed by atoms with Crippen molar-refractivity contribution in [2.24, 2.45) is 0 Å². The summed E-state index contributed by atoms with van der Waals surface area (Å²) < 4.78 is 56.8. The lowest BCUT2D eigenvalue weighted by atomic mass is 10.0. The number of anilines is 1. The number of nitrogens with zero attached hydrogens (tertiary/aromatic N) is 2. The Morgan fingerprint density at radius 1 is 0.875 bits per heavy atom. The van der Waals surface area contributed by atoms with Crippen LogP contribution < -0.4 is 4.31 Å². The number of rotatable bonds is 6. The maximum Gasteiger partial charge on any atom is 0.264 e. The number of halogens is 2. The largest absolute Gasteiger partial charge is 0.299 e. The number of aryl methyl sites for hydroxylation is 1. The maximum absolute atomic E-state index is 14.1. The Morgan fingerprint density at radius 3 is 2.06 bits per heavy atom. The molecule has 3 aromatic carbocycles. The molecule has 0 bridgehead atoms. The van der Waals surface area contributed by atoms with Crippen LogP contribution in [0, 0.1) is 18.6 Å². The summed E-state index contributed by atoms with van der Waals surface area (Å²) in [4.78, 5) is 2.22. The van der Waals surface area contributed by atoms with E-state index in [1.165, 1.54) is 22.5 Å². The SMILES string of the molecule is Cc1ccc(N(C2CCN(Cc3c(F)cccc3F)CC2)S(=O)(=O)c2ccccc2)cc1. The highest BCUT2D eigenvalue weighted by Gasteiger charge is 2.34. The average molecular weight is 457 g/mol. The van der Waals surface area contributed by atoms with Gasteiger partial charge in [0.1, 0.15) is 11.6 Å². The van der Waals surface area contributed by atoms with E-state index in [2.05, 4.69) is 0 Å². The highest BCUT2D eigenvalue weighted by molar-refractivity contribution is 7.92. The number of hydrogen-bond donors (Lipinski definition) is 0. The lowest BCUT2D eigenvalue weighted by molar-refractivity contribution is 0.202. The molecule has 32 heavy (non-hydrogen) atoms. The number of benzene rings is 3. The van der Waals surface area contributed by atoms with Crippen LogP contribution in [-0.4, -0.2) is 32.4 Å². The molecule has 0 aromatic heterocycles. The fourth-order valence-electron chi connectivity index (χ4n) is 4.16. The normalized spacial score (nSPS) is 15.6. The minimum atomic E-state index is -3.76. The molecule has 0 radical (unpaired) electrons. The summed E-state index contributed by atoms with van der Waals surface area (Å²) in [7, 11) is -3.76. The average Bonchev–Trinajstić information content (AvgIpc) is 2.79. The molecule has 0 unspecified atom stereocenters. The Kier molecular flexibility index (Phi) is 6.58. The van der Waals surface area contributed by atoms with E-state index >= 15 is 0 Å². The monoisotopic (exact) mass is 456 g/mol. The molecule has 0 saturated carbocycles. The molecular formula is C25H26F2N2O2S. The fourth-order valence-corrected chi connectivity index (χ4v) is 5.89. The van der Waals surface area contributed by atoms with Gasteiger partial charge in [0, 0.05) is 31.2 Å². The van der Waals surface area contributed by atoms with Gasteiger partial charge in [0.15, 0.2) is 0 Å². The molecule has 4 rings (SSSR count). The predicted octanol–water partition coefficient (Wildman–Crippen LogP) is 5.13. The van der Waals surface area contributed by atoms with Gasteiger partial charge in [-0.25, -0.2) is 17.2 Å². The zero-order chi connectivity index (χ0) is 22.7. The Labute approximate surface area is 188 Å². The molecule has 1 fully saturated rings. The predicted molar refractivity (Wildman–Crippen MR) is 122 cm³/mol. The standard InChI is InChI=1S/C25H26F2N2O2S/c1-19-10-12-20(13-11-19)29(32(30,31)22-6-3-2-4-7-22)21-14-16-28(17-15-21)18-23-24(26)8-5-9-25(23)27/h2-13,21H,14-18H2,1H3. The molecule has 4 nitrogen and oxygen atoms in total. The molecule has 0 N–H and O–H groups in total. The van der Waals surface area contributed by atoms with Crippen molar-refractivity contribution in [3.63, 3.8) is 0 Å². The molecule has 3 aromatic rings. The van der Waals surface area contributed by atoms with E-state index in [0.717, 1.165) is 5.56 Å². The lowest BCUT2D eigenvalue weighted by Crippen LogP contribution is -2.47. The van der Waals surface area contributed by atoms with Crippen molar-refractivity contribution < 1.29 is 17.2 Å². The minimum absolute atomic E-state index is 0.0539. The van der Waals surface area contributed by atoms with E-state index in [9.17, 15) is 17.2 Å². The van der Waals surface area contributed by atoms with Gasteiger partial charge < -0.3 is 0 Å². The third kappa shape index (κ3) is 4.69. The summed E-state index contributed by atoms with van der Waals surface area (Å²) in [6.07, 6.45) is 1.13. The van der Waals surface area contributed by atoms with E-state index in [0.29, 0.717) is 31.6 Å². The third-order valence-corrected chi connectivity index (χ3v) is 7.82. The number of piperidine rings is 1. The molecule has 1 heterocycles. The second kappa shape index (κ2) is 9.38. The number of hydrogen-bond acceptors (Lipinski definition) is 3. The topological polar surface area (TPSA) is 40.6 Å². The molecule has 1 saturated heterocycles. The Bertz CT molecular complexity index is 1140. The quantitative estimate of drug-likeness (QED) is 0.516. The molecule has 7 heteroatoms. The number of likely N-dealkylation sites (tertiary alicyclic amines) is 1. The van der Waals surface area contributed by atoms with Crippen molar-refractivity contribution in [1.82, 2.24) is 4.90 Å². The first-order chi connectivity index (χ1) is 15.4. The van der Waals surface area contributed by atoms with Crippen LogP contribution in [0.2, 0.25) is 0 Å². The molecule has 1 aliphatic heterocycles. The van der Waals surface area contributed by atoms with Gasteiger partial charge in [-0.1, -0.05) is 42.0 Å². The Morgan fingerprint density at radius 2 is 1.47 bits per heavy atom. The molecule has 0 aliphatic carbocycles. The molecular weight excluding hydrogens is 430 g/mol. The van der Waals surface area contributed by atoms with Gasteiger partial charge in [-0.15, -0.1) is 0 Å². The summed E-state index contributed by atoms with van der Waals surface area (Å²) in [5.41, 5.74) is 1.73. The van der Waals surface area contributed by atoms with Gasteiger partial charge in [0.05, 0.1) is 10.6 Å². The zero-order valence-electron chi connectivity index (χ0n) is 17.9. The van der Waals surface area contributed by atoms with Gasteiger partial charge in [0.25, 0.3) is 10.0 Å². The van der Waals surface area contributed by atoms with Gasteiger partial charge in [-0.3, -0.25) is 9.21 Å². The fraction of sp³-hybridized carbons (Fsp3) is 0.280. The smallest absolute Gasteiger partial charge is 0.264 e. The van der Waals surface area contributed by atoms with Crippen LogP contribution in [0.4, 0.5) is 14.5 Å². The second-order valence-electron chi connectivity index (χ2n) is 8.16. The molecule has 168 valence electrons. The first-order valence-corrected chi connectivity index (χ1v) is 12.1. The van der Waals surface area contributed by atoms with Crippen molar-refractivity contribution in [1.29, 1.82) is 0 Å². The lowest BCUT2D eigenvalue weighted by Gasteiger charge is -2.39. The van der Waals surface area contributed by atoms with E-state index in [4.69, 9.17) is 0 Å². The van der Waals surface area contributed by atoms with Crippen LogP contribution in [-0.2, 0) is 16.6 Å². The highest BCUT2D eigenvalue weighted by atomic mass is 32.2. The van der Waals surface area contributed by atoms with Crippen molar-refractivity contribution >= 4 is 15.7 Å². The van der Waals surface area contributed by atoms with Crippen molar-refractivity contribution in [3.8, 4) is 0 Å². The summed E-state index contributed by atoms with van der Waals surface area (Å²) >= 11 is 0. The summed E-state index contributed by atoms with van der Waals surface area (Å²) in [6, 6.07) is 19.5. The number of sulfonamides is 1. The van der Waals surface area contributed by atoms with Crippen molar-refractivity contribution in [2.75, 3.05) is 17.4 Å². The summed E-state index contributed by atoms with van der Waals surface area (Å²) in [5, 5.41) is 0. The van der Waals surface area contributed by atoms with E-state index in [1.807, 2.05) is 36.1 Å². The van der Waals surface area contributed by atoms with Crippen LogP contribution in [0.5, 0.6) is 0 Å². The first-order valence-electron chi connectivity index (χ1n) is 10.7. The van der Waals surface area contributed by atoms with Crippen LogP contribution in [0.25, 0.3) is 0 Å². The van der Waals surface area contributed by atoms with Gasteiger partial charge >= 0.3 is 0 Å². The van der Waals surface area contributed by atoms with Crippen LogP contribution in [0.15, 0.2) is 77.7 Å². The molecule has 0 amide bonds. The third-order valence-electron chi connectivity index (χ3n) is 5.92. The Balaban J connectivity index is 1.57.